The summed E-state index contributed by atoms with van der Waals surface area (Å²) in [5.74, 6) is 1.92. The van der Waals surface area contributed by atoms with E-state index >= 15 is 0 Å². The molecule has 0 atom stereocenters. The number of aromatic nitrogens is 3. The smallest absolute Gasteiger partial charge is 0.407 e. The first-order valence-corrected chi connectivity index (χ1v) is 11.5. The maximum atomic E-state index is 11.6. The lowest BCUT2D eigenvalue weighted by atomic mass is 10.1. The zero-order valence-electron chi connectivity index (χ0n) is 19.5. The highest BCUT2D eigenvalue weighted by molar-refractivity contribution is 5.96. The first-order chi connectivity index (χ1) is 17.1. The number of anilines is 3. The van der Waals surface area contributed by atoms with Crippen molar-refractivity contribution in [3.63, 3.8) is 0 Å². The second-order valence-corrected chi connectivity index (χ2v) is 7.90. The maximum absolute atomic E-state index is 11.6. The highest BCUT2D eigenvalue weighted by Crippen LogP contribution is 2.30. The maximum Gasteiger partial charge on any atom is 0.407 e. The summed E-state index contributed by atoms with van der Waals surface area (Å²) >= 11 is 0. The first-order valence-electron chi connectivity index (χ1n) is 11.5. The molecule has 0 aliphatic carbocycles. The predicted molar refractivity (Wildman–Crippen MR) is 135 cm³/mol. The van der Waals surface area contributed by atoms with Gasteiger partial charge in [-0.25, -0.2) is 14.8 Å². The summed E-state index contributed by atoms with van der Waals surface area (Å²) in [5, 5.41) is 7.73. The van der Waals surface area contributed by atoms with E-state index in [9.17, 15) is 4.79 Å². The van der Waals surface area contributed by atoms with Crippen molar-refractivity contribution in [1.29, 1.82) is 0 Å². The highest BCUT2D eigenvalue weighted by atomic mass is 16.5. The number of nitrogens with zero attached hydrogens (tertiary/aromatic N) is 3. The Labute approximate surface area is 203 Å². The molecule has 9 nitrogen and oxygen atoms in total. The van der Waals surface area contributed by atoms with Crippen molar-refractivity contribution in [2.24, 2.45) is 0 Å². The van der Waals surface area contributed by atoms with Gasteiger partial charge in [0, 0.05) is 22.7 Å². The number of nitrogen functional groups attached to an aromatic ring is 1. The quantitative estimate of drug-likeness (QED) is 0.219. The molecular formula is C26H28N6O3. The van der Waals surface area contributed by atoms with Gasteiger partial charge in [0.05, 0.1) is 31.2 Å². The molecule has 2 aromatic carbocycles. The van der Waals surface area contributed by atoms with E-state index < -0.39 is 6.09 Å². The van der Waals surface area contributed by atoms with Crippen molar-refractivity contribution >= 4 is 34.2 Å². The molecule has 0 saturated heterocycles. The number of carbonyl (C=O) groups is 1. The number of carbonyl (C=O) groups excluding carboxylic acids is 1. The van der Waals surface area contributed by atoms with Gasteiger partial charge >= 0.3 is 6.09 Å². The molecule has 0 radical (unpaired) electrons. The predicted octanol–water partition coefficient (Wildman–Crippen LogP) is 4.96. The van der Waals surface area contributed by atoms with Gasteiger partial charge in [0.2, 0.25) is 0 Å². The molecule has 0 bridgehead atoms. The van der Waals surface area contributed by atoms with Crippen LogP contribution >= 0.6 is 0 Å². The molecule has 0 aliphatic heterocycles. The van der Waals surface area contributed by atoms with E-state index in [2.05, 4.69) is 25.6 Å². The van der Waals surface area contributed by atoms with E-state index in [1.165, 1.54) is 0 Å². The summed E-state index contributed by atoms with van der Waals surface area (Å²) in [6.07, 6.45) is 6.24. The van der Waals surface area contributed by atoms with Gasteiger partial charge in [-0.05, 0) is 36.2 Å². The molecule has 0 saturated carbocycles. The van der Waals surface area contributed by atoms with Crippen LogP contribution < -0.4 is 21.1 Å². The van der Waals surface area contributed by atoms with Crippen molar-refractivity contribution in [3.05, 3.63) is 78.4 Å². The molecule has 180 valence electrons. The molecule has 4 N–H and O–H groups in total. The van der Waals surface area contributed by atoms with Crippen molar-refractivity contribution in [2.75, 3.05) is 17.7 Å². The number of pyridine rings is 1. The van der Waals surface area contributed by atoms with Gasteiger partial charge in [-0.15, -0.1) is 0 Å². The molecule has 4 rings (SSSR count). The Morgan fingerprint density at radius 3 is 2.66 bits per heavy atom. The van der Waals surface area contributed by atoms with Gasteiger partial charge in [0.15, 0.2) is 0 Å². The Morgan fingerprint density at radius 2 is 1.86 bits per heavy atom. The van der Waals surface area contributed by atoms with Crippen LogP contribution in [0.2, 0.25) is 0 Å². The minimum absolute atomic E-state index is 0.239. The number of ether oxygens (including phenoxy) is 2. The van der Waals surface area contributed by atoms with Gasteiger partial charge in [-0.2, -0.15) is 0 Å². The van der Waals surface area contributed by atoms with Crippen LogP contribution in [-0.2, 0) is 17.9 Å². The molecule has 2 heterocycles. The van der Waals surface area contributed by atoms with Crippen LogP contribution in [0.5, 0.6) is 5.75 Å². The van der Waals surface area contributed by atoms with E-state index in [-0.39, 0.29) is 6.54 Å². The zero-order chi connectivity index (χ0) is 24.5. The number of nitrogens with one attached hydrogen (secondary N) is 2. The Bertz CT molecular complexity index is 1280. The third kappa shape index (κ3) is 6.57. The van der Waals surface area contributed by atoms with E-state index in [0.29, 0.717) is 30.5 Å². The van der Waals surface area contributed by atoms with Crippen LogP contribution in [0.1, 0.15) is 31.0 Å². The Morgan fingerprint density at radius 1 is 1.00 bits per heavy atom. The van der Waals surface area contributed by atoms with Crippen molar-refractivity contribution in [1.82, 2.24) is 20.3 Å². The van der Waals surface area contributed by atoms with Crippen LogP contribution in [0, 0.1) is 0 Å². The molecule has 4 aromatic rings. The summed E-state index contributed by atoms with van der Waals surface area (Å²) in [7, 11) is 0. The van der Waals surface area contributed by atoms with Crippen molar-refractivity contribution in [2.45, 2.75) is 32.9 Å². The van der Waals surface area contributed by atoms with E-state index in [0.717, 1.165) is 40.6 Å². The normalized spacial score (nSPS) is 10.7. The van der Waals surface area contributed by atoms with E-state index in [1.54, 1.807) is 18.6 Å². The van der Waals surface area contributed by atoms with Crippen LogP contribution in [0.3, 0.4) is 0 Å². The second-order valence-electron chi connectivity index (χ2n) is 7.90. The number of nitrogens with two attached hydrogens (primary N) is 1. The van der Waals surface area contributed by atoms with Crippen molar-refractivity contribution in [3.8, 4) is 5.75 Å². The van der Waals surface area contributed by atoms with E-state index in [4.69, 9.17) is 15.2 Å². The number of hydrogen-bond donors (Lipinski definition) is 3. The number of benzene rings is 2. The lowest BCUT2D eigenvalue weighted by molar-refractivity contribution is 0.144. The molecule has 1 amide bonds. The summed E-state index contributed by atoms with van der Waals surface area (Å²) in [6, 6.07) is 15.4. The van der Waals surface area contributed by atoms with Crippen LogP contribution in [0.15, 0.2) is 67.1 Å². The molecule has 35 heavy (non-hydrogen) atoms. The number of rotatable bonds is 10. The van der Waals surface area contributed by atoms with E-state index in [1.807, 2.05) is 55.5 Å². The molecule has 0 aliphatic rings. The molecule has 0 spiro atoms. The fourth-order valence-electron chi connectivity index (χ4n) is 3.38. The summed E-state index contributed by atoms with van der Waals surface area (Å²) in [6.45, 7) is 3.05. The SMILES string of the molecule is CCCCOC(=O)NCc1cnc(Nc2cc(COc3ccc(N)c4ccccc34)ccn2)cn1. The third-order valence-electron chi connectivity index (χ3n) is 5.24. The van der Waals surface area contributed by atoms with Gasteiger partial charge < -0.3 is 25.8 Å². The molecule has 9 heteroatoms. The third-order valence-corrected chi connectivity index (χ3v) is 5.24. The number of hydrogen-bond acceptors (Lipinski definition) is 8. The standard InChI is InChI=1S/C26H28N6O3/c1-2-3-12-34-26(33)31-15-19-14-30-25(16-29-19)32-24-13-18(10-11-28-24)17-35-23-9-8-22(27)20-6-4-5-7-21(20)23/h4-11,13-14,16H,2-3,12,15,17,27H2,1H3,(H,31,33)(H,28,30,32). The number of fused-ring (bicyclic) bond motifs is 1. The zero-order valence-corrected chi connectivity index (χ0v) is 19.5. The fraction of sp³-hybridized carbons (Fsp3) is 0.231. The lowest BCUT2D eigenvalue weighted by Gasteiger charge is -2.12. The Kier molecular flexibility index (Phi) is 7.90. The Balaban J connectivity index is 1.32. The second kappa shape index (κ2) is 11.6. The average molecular weight is 473 g/mol. The monoisotopic (exact) mass is 472 g/mol. The fourth-order valence-corrected chi connectivity index (χ4v) is 3.38. The Hall–Kier alpha value is -4.40. The summed E-state index contributed by atoms with van der Waals surface area (Å²) in [4.78, 5) is 24.6. The lowest BCUT2D eigenvalue weighted by Crippen LogP contribution is -2.24. The number of unbranched alkanes of at least 4 members (excludes halogenated alkanes) is 1. The van der Waals surface area contributed by atoms with Gasteiger partial charge in [0.1, 0.15) is 24.0 Å². The summed E-state index contributed by atoms with van der Waals surface area (Å²) < 4.78 is 11.1. The van der Waals surface area contributed by atoms with Crippen LogP contribution in [-0.4, -0.2) is 27.7 Å². The average Bonchev–Trinajstić information content (AvgIpc) is 2.88. The molecule has 0 unspecified atom stereocenters. The van der Waals surface area contributed by atoms with Crippen LogP contribution in [0.25, 0.3) is 10.8 Å². The highest BCUT2D eigenvalue weighted by Gasteiger charge is 2.07. The minimum atomic E-state index is -0.461. The van der Waals surface area contributed by atoms with Gasteiger partial charge in [-0.1, -0.05) is 37.6 Å². The van der Waals surface area contributed by atoms with Gasteiger partial charge in [0.25, 0.3) is 0 Å². The number of alkyl carbamates (subject to hydrolysis) is 1. The molecule has 2 aromatic heterocycles. The molecule has 0 fully saturated rings. The number of amides is 1. The van der Waals surface area contributed by atoms with Gasteiger partial charge in [-0.3, -0.25) is 4.98 Å². The van der Waals surface area contributed by atoms with Crippen molar-refractivity contribution < 1.29 is 14.3 Å². The first kappa shape index (κ1) is 23.7. The largest absolute Gasteiger partial charge is 0.488 e. The topological polar surface area (TPSA) is 124 Å². The molecular weight excluding hydrogens is 444 g/mol. The minimum Gasteiger partial charge on any atom is -0.488 e. The van der Waals surface area contributed by atoms with Crippen LogP contribution in [0.4, 0.5) is 22.1 Å². The summed E-state index contributed by atoms with van der Waals surface area (Å²) in [5.41, 5.74) is 8.36.